The van der Waals surface area contributed by atoms with E-state index in [4.69, 9.17) is 4.74 Å². The van der Waals surface area contributed by atoms with E-state index >= 15 is 0 Å². The normalized spacial score (nSPS) is 10.8. The lowest BCUT2D eigenvalue weighted by molar-refractivity contribution is 0.443. The molecular formula is C15H10BrFN2O. The van der Waals surface area contributed by atoms with Crippen LogP contribution >= 0.6 is 15.9 Å². The highest BCUT2D eigenvalue weighted by molar-refractivity contribution is 9.10. The molecule has 0 aliphatic carbocycles. The van der Waals surface area contributed by atoms with Crippen molar-refractivity contribution < 1.29 is 9.13 Å². The molecule has 0 fully saturated rings. The number of hydrogen-bond donors (Lipinski definition) is 0. The number of benzene rings is 1. The molecule has 20 heavy (non-hydrogen) atoms. The fourth-order valence-electron chi connectivity index (χ4n) is 1.88. The van der Waals surface area contributed by atoms with Gasteiger partial charge in [-0.15, -0.1) is 0 Å². The third-order valence-corrected chi connectivity index (χ3v) is 3.32. The predicted molar refractivity (Wildman–Crippen MR) is 78.4 cm³/mol. The Hall–Kier alpha value is -2.01. The maximum absolute atomic E-state index is 14.0. The lowest BCUT2D eigenvalue weighted by atomic mass is 10.2. The van der Waals surface area contributed by atoms with Gasteiger partial charge in [0, 0.05) is 22.9 Å². The number of fused-ring (bicyclic) bond motifs is 1. The van der Waals surface area contributed by atoms with Crippen LogP contribution < -0.4 is 4.74 Å². The Morgan fingerprint density at radius 2 is 2.00 bits per heavy atom. The average molecular weight is 333 g/mol. The van der Waals surface area contributed by atoms with E-state index in [0.29, 0.717) is 22.3 Å². The predicted octanol–water partition coefficient (Wildman–Crippen LogP) is 4.63. The molecule has 0 saturated carbocycles. The number of rotatable bonds is 2. The monoisotopic (exact) mass is 332 g/mol. The Morgan fingerprint density at radius 3 is 2.85 bits per heavy atom. The van der Waals surface area contributed by atoms with Crippen LogP contribution in [0.4, 0.5) is 4.39 Å². The molecule has 0 bridgehead atoms. The first-order valence-electron chi connectivity index (χ1n) is 5.98. The van der Waals surface area contributed by atoms with E-state index in [-0.39, 0.29) is 11.6 Å². The molecule has 3 rings (SSSR count). The van der Waals surface area contributed by atoms with Crippen LogP contribution in [0.3, 0.4) is 0 Å². The molecule has 2 aromatic heterocycles. The quantitative estimate of drug-likeness (QED) is 0.686. The molecule has 2 heterocycles. The van der Waals surface area contributed by atoms with Gasteiger partial charge in [0.05, 0.1) is 5.52 Å². The molecule has 0 radical (unpaired) electrons. The summed E-state index contributed by atoms with van der Waals surface area (Å²) in [7, 11) is 0. The molecule has 0 spiro atoms. The van der Waals surface area contributed by atoms with Crippen molar-refractivity contribution in [3.63, 3.8) is 0 Å². The minimum Gasteiger partial charge on any atom is -0.452 e. The second-order valence-electron chi connectivity index (χ2n) is 4.32. The molecule has 0 amide bonds. The van der Waals surface area contributed by atoms with Crippen molar-refractivity contribution in [3.05, 3.63) is 58.6 Å². The van der Waals surface area contributed by atoms with Gasteiger partial charge in [0.1, 0.15) is 5.52 Å². The smallest absolute Gasteiger partial charge is 0.168 e. The van der Waals surface area contributed by atoms with Gasteiger partial charge in [0.2, 0.25) is 0 Å². The molecule has 0 aliphatic heterocycles. The van der Waals surface area contributed by atoms with Crippen molar-refractivity contribution in [3.8, 4) is 11.5 Å². The van der Waals surface area contributed by atoms with Crippen LogP contribution in [0.15, 0.2) is 47.2 Å². The van der Waals surface area contributed by atoms with Crippen LogP contribution in [-0.4, -0.2) is 9.97 Å². The first-order chi connectivity index (χ1) is 9.65. The fourth-order valence-corrected chi connectivity index (χ4v) is 2.20. The molecule has 0 unspecified atom stereocenters. The summed E-state index contributed by atoms with van der Waals surface area (Å²) in [6.07, 6.45) is 3.27. The van der Waals surface area contributed by atoms with E-state index in [1.165, 1.54) is 0 Å². The number of aromatic nitrogens is 2. The molecule has 5 heteroatoms. The van der Waals surface area contributed by atoms with Crippen LogP contribution in [0.5, 0.6) is 11.5 Å². The Kier molecular flexibility index (Phi) is 3.36. The van der Waals surface area contributed by atoms with Gasteiger partial charge in [-0.3, -0.25) is 4.98 Å². The molecule has 0 saturated heterocycles. The summed E-state index contributed by atoms with van der Waals surface area (Å²) in [6, 6.07) is 8.55. The zero-order valence-corrected chi connectivity index (χ0v) is 12.2. The fraction of sp³-hybridized carbons (Fsp3) is 0.0667. The number of ether oxygens (including phenoxy) is 1. The number of pyridine rings is 2. The molecular weight excluding hydrogens is 323 g/mol. The first kappa shape index (κ1) is 13.0. The van der Waals surface area contributed by atoms with Gasteiger partial charge in [-0.2, -0.15) is 0 Å². The molecule has 0 N–H and O–H groups in total. The Labute approximate surface area is 123 Å². The summed E-state index contributed by atoms with van der Waals surface area (Å²) >= 11 is 3.34. The lowest BCUT2D eigenvalue weighted by Crippen LogP contribution is -1.93. The van der Waals surface area contributed by atoms with Crippen LogP contribution in [0, 0.1) is 12.7 Å². The molecule has 100 valence electrons. The van der Waals surface area contributed by atoms with E-state index in [9.17, 15) is 4.39 Å². The van der Waals surface area contributed by atoms with Crippen molar-refractivity contribution in [2.75, 3.05) is 0 Å². The summed E-state index contributed by atoms with van der Waals surface area (Å²) in [5.74, 6) is 0.295. The highest BCUT2D eigenvalue weighted by Crippen LogP contribution is 2.30. The second-order valence-corrected chi connectivity index (χ2v) is 5.24. The Morgan fingerprint density at radius 1 is 1.15 bits per heavy atom. The third-order valence-electron chi connectivity index (χ3n) is 2.88. The minimum atomic E-state index is -0.366. The highest BCUT2D eigenvalue weighted by atomic mass is 79.9. The standard InChI is InChI=1S/C15H10BrFN2O/c1-9-3-2-4-12(14(9)17)20-13-5-6-18-11-7-10(16)8-19-15(11)13/h2-8H,1H3. The zero-order chi connectivity index (χ0) is 14.1. The van der Waals surface area contributed by atoms with E-state index in [1.807, 2.05) is 6.07 Å². The largest absolute Gasteiger partial charge is 0.452 e. The summed E-state index contributed by atoms with van der Waals surface area (Å²) in [4.78, 5) is 8.49. The highest BCUT2D eigenvalue weighted by Gasteiger charge is 2.10. The Balaban J connectivity index is 2.09. The SMILES string of the molecule is Cc1cccc(Oc2ccnc3cc(Br)cnc23)c1F. The van der Waals surface area contributed by atoms with Crippen molar-refractivity contribution in [2.24, 2.45) is 0 Å². The topological polar surface area (TPSA) is 35.0 Å². The summed E-state index contributed by atoms with van der Waals surface area (Å²) in [5, 5.41) is 0. The van der Waals surface area contributed by atoms with Crippen molar-refractivity contribution in [1.82, 2.24) is 9.97 Å². The van der Waals surface area contributed by atoms with Gasteiger partial charge in [-0.05, 0) is 40.5 Å². The van der Waals surface area contributed by atoms with Crippen LogP contribution in [-0.2, 0) is 0 Å². The van der Waals surface area contributed by atoms with Crippen LogP contribution in [0.25, 0.3) is 11.0 Å². The number of halogens is 2. The van der Waals surface area contributed by atoms with Gasteiger partial charge in [0.15, 0.2) is 17.3 Å². The number of hydrogen-bond acceptors (Lipinski definition) is 3. The number of aryl methyl sites for hydroxylation is 1. The van der Waals surface area contributed by atoms with Gasteiger partial charge in [-0.1, -0.05) is 12.1 Å². The van der Waals surface area contributed by atoms with Gasteiger partial charge in [0.25, 0.3) is 0 Å². The van der Waals surface area contributed by atoms with Crippen LogP contribution in [0.1, 0.15) is 5.56 Å². The number of nitrogens with zero attached hydrogens (tertiary/aromatic N) is 2. The molecule has 0 atom stereocenters. The van der Waals surface area contributed by atoms with E-state index < -0.39 is 0 Å². The van der Waals surface area contributed by atoms with Gasteiger partial charge < -0.3 is 4.74 Å². The van der Waals surface area contributed by atoms with Gasteiger partial charge in [-0.25, -0.2) is 9.37 Å². The van der Waals surface area contributed by atoms with Gasteiger partial charge >= 0.3 is 0 Å². The molecule has 1 aromatic carbocycles. The zero-order valence-electron chi connectivity index (χ0n) is 10.6. The summed E-state index contributed by atoms with van der Waals surface area (Å²) in [6.45, 7) is 1.70. The summed E-state index contributed by atoms with van der Waals surface area (Å²) < 4.78 is 20.5. The maximum Gasteiger partial charge on any atom is 0.168 e. The summed E-state index contributed by atoms with van der Waals surface area (Å²) in [5.41, 5.74) is 1.82. The molecule has 3 aromatic rings. The average Bonchev–Trinajstić information content (AvgIpc) is 2.44. The van der Waals surface area contributed by atoms with E-state index in [1.54, 1.807) is 43.6 Å². The molecule has 3 nitrogen and oxygen atoms in total. The van der Waals surface area contributed by atoms with Crippen LogP contribution in [0.2, 0.25) is 0 Å². The first-order valence-corrected chi connectivity index (χ1v) is 6.77. The van der Waals surface area contributed by atoms with Crippen molar-refractivity contribution in [2.45, 2.75) is 6.92 Å². The van der Waals surface area contributed by atoms with E-state index in [2.05, 4.69) is 25.9 Å². The Bertz CT molecular complexity index is 792. The molecule has 0 aliphatic rings. The van der Waals surface area contributed by atoms with Crippen molar-refractivity contribution in [1.29, 1.82) is 0 Å². The second kappa shape index (κ2) is 5.17. The minimum absolute atomic E-state index is 0.183. The lowest BCUT2D eigenvalue weighted by Gasteiger charge is -2.09. The van der Waals surface area contributed by atoms with E-state index in [0.717, 1.165) is 4.47 Å². The third kappa shape index (κ3) is 2.36. The van der Waals surface area contributed by atoms with Crippen molar-refractivity contribution >= 4 is 27.0 Å². The maximum atomic E-state index is 14.0.